The standard InChI is InChI=1S/C20H19N3.C6H6O.ClH/c1-13-12-16(6-11-19(13)23)20(14-2-7-17(21)8-3-14)15-4-9-18(22)10-5-15;7-6-4-2-1-3-5-6;/h2-12,23H,21-22H2,1H3;1-5,7H;1H. The number of nitrogens with one attached hydrogen (secondary N) is 1. The molecule has 0 fully saturated rings. The van der Waals surface area contributed by atoms with E-state index in [-0.39, 0.29) is 12.4 Å². The molecule has 0 amide bonds. The first kappa shape index (κ1) is 23.5. The number of phenols is 1. The molecule has 0 aromatic heterocycles. The topological polar surface area (TPSA) is 96.1 Å². The van der Waals surface area contributed by atoms with Crippen LogP contribution in [0.15, 0.2) is 108 Å². The van der Waals surface area contributed by atoms with Crippen LogP contribution in [0.25, 0.3) is 5.57 Å². The summed E-state index contributed by atoms with van der Waals surface area (Å²) >= 11 is 0. The van der Waals surface area contributed by atoms with Gasteiger partial charge in [0.25, 0.3) is 0 Å². The molecule has 1 aliphatic rings. The summed E-state index contributed by atoms with van der Waals surface area (Å²) in [6.07, 6.45) is 5.86. The van der Waals surface area contributed by atoms with Gasteiger partial charge in [-0.2, -0.15) is 0 Å². The van der Waals surface area contributed by atoms with Crippen molar-refractivity contribution in [3.05, 3.63) is 119 Å². The predicted molar refractivity (Wildman–Crippen MR) is 134 cm³/mol. The van der Waals surface area contributed by atoms with Crippen molar-refractivity contribution in [2.45, 2.75) is 6.92 Å². The van der Waals surface area contributed by atoms with Crippen LogP contribution in [-0.4, -0.2) is 10.8 Å². The molecule has 3 aromatic rings. The molecule has 0 bridgehead atoms. The zero-order valence-electron chi connectivity index (χ0n) is 17.2. The number of para-hydroxylation sites is 1. The molecular weight excluding hydrogens is 406 g/mol. The zero-order chi connectivity index (χ0) is 21.5. The number of allylic oxidation sites excluding steroid dienone is 5. The lowest BCUT2D eigenvalue weighted by molar-refractivity contribution is 0.475. The van der Waals surface area contributed by atoms with Crippen LogP contribution in [0.1, 0.15) is 18.1 Å². The molecule has 158 valence electrons. The van der Waals surface area contributed by atoms with E-state index in [0.29, 0.717) is 11.5 Å². The fourth-order valence-electron chi connectivity index (χ4n) is 3.05. The Bertz CT molecular complexity index is 1070. The first-order valence-electron chi connectivity index (χ1n) is 9.59. The van der Waals surface area contributed by atoms with E-state index in [1.54, 1.807) is 24.3 Å². The Kier molecular flexibility index (Phi) is 8.24. The van der Waals surface area contributed by atoms with E-state index < -0.39 is 0 Å². The molecule has 0 heterocycles. The number of anilines is 2. The van der Waals surface area contributed by atoms with Crippen LogP contribution in [0.4, 0.5) is 11.4 Å². The SMILES string of the molecule is CC1=CC(=C(c2ccc(N)cc2)c2ccc(N)cc2)C=CC1=N.Cl.Oc1ccccc1. The van der Waals surface area contributed by atoms with Gasteiger partial charge in [0, 0.05) is 11.4 Å². The van der Waals surface area contributed by atoms with Crippen molar-refractivity contribution in [1.29, 1.82) is 5.41 Å². The number of rotatable bonds is 2. The minimum absolute atomic E-state index is 0. The highest BCUT2D eigenvalue weighted by Crippen LogP contribution is 2.31. The van der Waals surface area contributed by atoms with Gasteiger partial charge in [0.15, 0.2) is 0 Å². The monoisotopic (exact) mass is 431 g/mol. The number of phenolic OH excluding ortho intramolecular Hbond substituents is 1. The first-order valence-corrected chi connectivity index (χ1v) is 9.59. The summed E-state index contributed by atoms with van der Waals surface area (Å²) in [5, 5.41) is 16.5. The van der Waals surface area contributed by atoms with Gasteiger partial charge in [0.05, 0.1) is 5.71 Å². The normalized spacial score (nSPS) is 12.2. The summed E-state index contributed by atoms with van der Waals surface area (Å²) in [7, 11) is 0. The van der Waals surface area contributed by atoms with Crippen molar-refractivity contribution in [1.82, 2.24) is 0 Å². The maximum absolute atomic E-state index is 8.63. The van der Waals surface area contributed by atoms with Gasteiger partial charge in [-0.1, -0.05) is 48.5 Å². The molecule has 3 aromatic carbocycles. The molecule has 0 unspecified atom stereocenters. The Morgan fingerprint density at radius 3 is 1.61 bits per heavy atom. The molecular formula is C26H26ClN3O. The van der Waals surface area contributed by atoms with Crippen LogP contribution in [0.3, 0.4) is 0 Å². The summed E-state index contributed by atoms with van der Waals surface area (Å²) in [5.41, 5.74) is 19.0. The van der Waals surface area contributed by atoms with Crippen LogP contribution >= 0.6 is 12.4 Å². The molecule has 4 nitrogen and oxygen atoms in total. The molecule has 0 spiro atoms. The molecule has 0 saturated heterocycles. The maximum atomic E-state index is 8.63. The fraction of sp³-hybridized carbons (Fsp3) is 0.0385. The van der Waals surface area contributed by atoms with Gasteiger partial charge in [-0.25, -0.2) is 0 Å². The van der Waals surface area contributed by atoms with Crippen molar-refractivity contribution in [2.24, 2.45) is 0 Å². The minimum atomic E-state index is 0. The van der Waals surface area contributed by atoms with E-state index in [2.05, 4.69) is 0 Å². The lowest BCUT2D eigenvalue weighted by atomic mass is 9.89. The first-order chi connectivity index (χ1) is 14.4. The Hall–Kier alpha value is -3.76. The average molecular weight is 432 g/mol. The summed E-state index contributed by atoms with van der Waals surface area (Å²) < 4.78 is 0. The second-order valence-electron chi connectivity index (χ2n) is 6.98. The van der Waals surface area contributed by atoms with Gasteiger partial charge in [0.1, 0.15) is 5.75 Å². The van der Waals surface area contributed by atoms with Gasteiger partial charge in [0.2, 0.25) is 0 Å². The number of hydrogen-bond donors (Lipinski definition) is 4. The summed E-state index contributed by atoms with van der Waals surface area (Å²) in [4.78, 5) is 0. The van der Waals surface area contributed by atoms with Gasteiger partial charge < -0.3 is 22.0 Å². The van der Waals surface area contributed by atoms with Crippen molar-refractivity contribution >= 4 is 35.1 Å². The third-order valence-corrected chi connectivity index (χ3v) is 4.67. The van der Waals surface area contributed by atoms with E-state index >= 15 is 0 Å². The largest absolute Gasteiger partial charge is 0.508 e. The molecule has 0 radical (unpaired) electrons. The Balaban J connectivity index is 0.000000364. The average Bonchev–Trinajstić information content (AvgIpc) is 2.75. The lowest BCUT2D eigenvalue weighted by Gasteiger charge is -2.16. The van der Waals surface area contributed by atoms with E-state index in [1.165, 1.54) is 0 Å². The smallest absolute Gasteiger partial charge is 0.115 e. The second-order valence-corrected chi connectivity index (χ2v) is 6.98. The van der Waals surface area contributed by atoms with E-state index in [9.17, 15) is 0 Å². The third kappa shape index (κ3) is 6.36. The van der Waals surface area contributed by atoms with Crippen LogP contribution in [0.5, 0.6) is 5.75 Å². The summed E-state index contributed by atoms with van der Waals surface area (Å²) in [6, 6.07) is 24.4. The quantitative estimate of drug-likeness (QED) is 0.374. The molecule has 4 rings (SSSR count). The second kappa shape index (κ2) is 10.9. The highest BCUT2D eigenvalue weighted by Gasteiger charge is 2.12. The van der Waals surface area contributed by atoms with Crippen LogP contribution in [0.2, 0.25) is 0 Å². The van der Waals surface area contributed by atoms with Gasteiger partial charge in [-0.15, -0.1) is 12.4 Å². The van der Waals surface area contributed by atoms with Crippen molar-refractivity contribution in [3.8, 4) is 5.75 Å². The van der Waals surface area contributed by atoms with Crippen LogP contribution in [0, 0.1) is 5.41 Å². The molecule has 31 heavy (non-hydrogen) atoms. The number of nitrogens with two attached hydrogens (primary N) is 2. The molecule has 0 saturated carbocycles. The Morgan fingerprint density at radius 2 is 1.23 bits per heavy atom. The molecule has 1 aliphatic carbocycles. The summed E-state index contributed by atoms with van der Waals surface area (Å²) in [5.74, 6) is 0.322. The van der Waals surface area contributed by atoms with Crippen molar-refractivity contribution in [3.63, 3.8) is 0 Å². The lowest BCUT2D eigenvalue weighted by Crippen LogP contribution is -2.01. The maximum Gasteiger partial charge on any atom is 0.115 e. The van der Waals surface area contributed by atoms with Gasteiger partial charge in [-0.3, -0.25) is 0 Å². The van der Waals surface area contributed by atoms with Crippen molar-refractivity contribution in [2.75, 3.05) is 11.5 Å². The third-order valence-electron chi connectivity index (χ3n) is 4.67. The number of aromatic hydroxyl groups is 1. The number of benzene rings is 3. The summed E-state index contributed by atoms with van der Waals surface area (Å²) in [6.45, 7) is 1.95. The number of halogens is 1. The highest BCUT2D eigenvalue weighted by atomic mass is 35.5. The fourth-order valence-corrected chi connectivity index (χ4v) is 3.05. The molecule has 0 aliphatic heterocycles. The molecule has 0 atom stereocenters. The Labute approximate surface area is 189 Å². The van der Waals surface area contributed by atoms with Crippen LogP contribution < -0.4 is 11.5 Å². The molecule has 5 heteroatoms. The van der Waals surface area contributed by atoms with Gasteiger partial charge in [-0.05, 0) is 83.3 Å². The minimum Gasteiger partial charge on any atom is -0.508 e. The van der Waals surface area contributed by atoms with E-state index in [4.69, 9.17) is 22.0 Å². The van der Waals surface area contributed by atoms with Crippen molar-refractivity contribution < 1.29 is 5.11 Å². The van der Waals surface area contributed by atoms with E-state index in [1.807, 2.05) is 79.7 Å². The Morgan fingerprint density at radius 1 is 0.742 bits per heavy atom. The number of hydrogen-bond acceptors (Lipinski definition) is 4. The molecule has 6 N–H and O–H groups in total. The predicted octanol–water partition coefficient (Wildman–Crippen LogP) is 6.00. The number of nitrogen functional groups attached to an aromatic ring is 2. The highest BCUT2D eigenvalue weighted by molar-refractivity contribution is 6.08. The zero-order valence-corrected chi connectivity index (χ0v) is 18.1. The van der Waals surface area contributed by atoms with Gasteiger partial charge >= 0.3 is 0 Å². The van der Waals surface area contributed by atoms with E-state index in [0.717, 1.165) is 39.2 Å². The van der Waals surface area contributed by atoms with Crippen LogP contribution in [-0.2, 0) is 0 Å².